The van der Waals surface area contributed by atoms with Gasteiger partial charge in [-0.1, -0.05) is 0 Å². The Morgan fingerprint density at radius 1 is 0.969 bits per heavy atom. The molecule has 1 saturated heterocycles. The molecule has 1 fully saturated rings. The van der Waals surface area contributed by atoms with E-state index in [0.29, 0.717) is 30.2 Å². The average molecular weight is 438 g/mol. The molecule has 0 saturated carbocycles. The van der Waals surface area contributed by atoms with E-state index in [1.807, 2.05) is 12.1 Å². The van der Waals surface area contributed by atoms with E-state index >= 15 is 0 Å². The molecule has 32 heavy (non-hydrogen) atoms. The molecule has 1 amide bonds. The lowest BCUT2D eigenvalue weighted by atomic mass is 10.2. The minimum atomic E-state index is -0.697. The molecule has 1 aliphatic rings. The van der Waals surface area contributed by atoms with Gasteiger partial charge in [-0.05, 0) is 42.5 Å². The van der Waals surface area contributed by atoms with Gasteiger partial charge in [0.05, 0.1) is 13.2 Å². The van der Waals surface area contributed by atoms with Gasteiger partial charge in [0.25, 0.3) is 5.91 Å². The quantitative estimate of drug-likeness (QED) is 0.442. The van der Waals surface area contributed by atoms with Crippen LogP contribution < -0.4 is 20.6 Å². The lowest BCUT2D eigenvalue weighted by molar-refractivity contribution is -0.149. The smallest absolute Gasteiger partial charge is 0.344 e. The highest BCUT2D eigenvalue weighted by Crippen LogP contribution is 2.20. The molecule has 0 unspecified atom stereocenters. The van der Waals surface area contributed by atoms with Crippen LogP contribution in [0.5, 0.6) is 5.75 Å². The third kappa shape index (κ3) is 5.64. The molecule has 0 atom stereocenters. The van der Waals surface area contributed by atoms with Gasteiger partial charge in [-0.2, -0.15) is 0 Å². The van der Waals surface area contributed by atoms with Crippen molar-refractivity contribution < 1.29 is 28.2 Å². The van der Waals surface area contributed by atoms with Gasteiger partial charge in [0, 0.05) is 42.0 Å². The summed E-state index contributed by atoms with van der Waals surface area (Å²) in [6, 6.07) is 15.3. The molecule has 9 heteroatoms. The topological polar surface area (TPSA) is 107 Å². The molecule has 0 bridgehead atoms. The van der Waals surface area contributed by atoms with E-state index in [-0.39, 0.29) is 6.61 Å². The molecule has 2 aromatic carbocycles. The Morgan fingerprint density at radius 3 is 2.50 bits per heavy atom. The van der Waals surface area contributed by atoms with Gasteiger partial charge in [-0.3, -0.25) is 4.79 Å². The lowest BCUT2D eigenvalue weighted by Crippen LogP contribution is -2.36. The van der Waals surface area contributed by atoms with E-state index in [4.69, 9.17) is 18.6 Å². The number of amides is 1. The molecular weight excluding hydrogens is 416 g/mol. The normalized spacial score (nSPS) is 13.6. The minimum absolute atomic E-state index is 0.341. The van der Waals surface area contributed by atoms with E-state index in [0.717, 1.165) is 24.2 Å². The molecule has 1 aliphatic heterocycles. The zero-order valence-corrected chi connectivity index (χ0v) is 17.2. The molecule has 166 valence electrons. The second-order valence-corrected chi connectivity index (χ2v) is 7.10. The Kier molecular flexibility index (Phi) is 6.66. The summed E-state index contributed by atoms with van der Waals surface area (Å²) in [7, 11) is 0. The second-order valence-electron chi connectivity index (χ2n) is 7.10. The molecule has 4 rings (SSSR count). The Labute approximate surface area is 183 Å². The van der Waals surface area contributed by atoms with Crippen LogP contribution in [0.15, 0.2) is 63.8 Å². The van der Waals surface area contributed by atoms with Gasteiger partial charge in [-0.15, -0.1) is 0 Å². The number of nitrogens with zero attached hydrogens (tertiary/aromatic N) is 1. The number of nitrogens with one attached hydrogen (secondary N) is 1. The first-order valence-corrected chi connectivity index (χ1v) is 10.1. The van der Waals surface area contributed by atoms with Crippen molar-refractivity contribution in [3.05, 3.63) is 65.0 Å². The fourth-order valence-electron chi connectivity index (χ4n) is 3.23. The highest BCUT2D eigenvalue weighted by atomic mass is 16.6. The first-order chi connectivity index (χ1) is 15.6. The Hall–Kier alpha value is -3.85. The highest BCUT2D eigenvalue weighted by Gasteiger charge is 2.12. The number of anilines is 2. The van der Waals surface area contributed by atoms with Crippen molar-refractivity contribution >= 4 is 34.2 Å². The van der Waals surface area contributed by atoms with Crippen LogP contribution in [0.1, 0.15) is 0 Å². The van der Waals surface area contributed by atoms with Crippen LogP contribution in [0.25, 0.3) is 11.0 Å². The van der Waals surface area contributed by atoms with Crippen molar-refractivity contribution in [1.29, 1.82) is 0 Å². The summed E-state index contributed by atoms with van der Waals surface area (Å²) in [5.41, 5.74) is 1.54. The maximum Gasteiger partial charge on any atom is 0.344 e. The van der Waals surface area contributed by atoms with Crippen LogP contribution in [0.4, 0.5) is 11.4 Å². The molecule has 9 nitrogen and oxygen atoms in total. The third-order valence-electron chi connectivity index (χ3n) is 4.84. The Balaban J connectivity index is 1.21. The number of benzene rings is 2. The largest absolute Gasteiger partial charge is 0.482 e. The number of hydrogen-bond acceptors (Lipinski definition) is 8. The van der Waals surface area contributed by atoms with Gasteiger partial charge in [0.2, 0.25) is 0 Å². The first kappa shape index (κ1) is 21.4. The van der Waals surface area contributed by atoms with Gasteiger partial charge in [-0.25, -0.2) is 9.59 Å². The van der Waals surface area contributed by atoms with Crippen molar-refractivity contribution in [2.75, 3.05) is 49.7 Å². The van der Waals surface area contributed by atoms with E-state index in [2.05, 4.69) is 10.2 Å². The van der Waals surface area contributed by atoms with Crippen molar-refractivity contribution in [3.8, 4) is 5.75 Å². The first-order valence-electron chi connectivity index (χ1n) is 10.1. The lowest BCUT2D eigenvalue weighted by Gasteiger charge is -2.28. The van der Waals surface area contributed by atoms with Crippen molar-refractivity contribution in [2.24, 2.45) is 0 Å². The number of carbonyl (C=O) groups excluding carboxylic acids is 2. The van der Waals surface area contributed by atoms with Crippen LogP contribution in [0.3, 0.4) is 0 Å². The summed E-state index contributed by atoms with van der Waals surface area (Å²) in [5, 5.41) is 3.42. The fourth-order valence-corrected chi connectivity index (χ4v) is 3.23. The summed E-state index contributed by atoms with van der Waals surface area (Å²) < 4.78 is 20.7. The molecule has 0 aliphatic carbocycles. The maximum absolute atomic E-state index is 12.1. The summed E-state index contributed by atoms with van der Waals surface area (Å²) in [4.78, 5) is 37.5. The predicted octanol–water partition coefficient (Wildman–Crippen LogP) is 2.19. The minimum Gasteiger partial charge on any atom is -0.482 e. The van der Waals surface area contributed by atoms with Crippen LogP contribution >= 0.6 is 0 Å². The fraction of sp³-hybridized carbons (Fsp3) is 0.261. The number of fused-ring (bicyclic) bond motifs is 1. The van der Waals surface area contributed by atoms with Crippen LogP contribution in [-0.2, 0) is 19.1 Å². The Morgan fingerprint density at radius 2 is 1.72 bits per heavy atom. The van der Waals surface area contributed by atoms with E-state index in [1.165, 1.54) is 12.1 Å². The predicted molar refractivity (Wildman–Crippen MR) is 117 cm³/mol. The molecule has 2 heterocycles. The van der Waals surface area contributed by atoms with Crippen LogP contribution in [0.2, 0.25) is 0 Å². The second kappa shape index (κ2) is 9.97. The number of ether oxygens (including phenoxy) is 3. The molecule has 0 radical (unpaired) electrons. The highest BCUT2D eigenvalue weighted by molar-refractivity contribution is 5.93. The standard InChI is InChI=1S/C23H22N2O7/c26-21(24-17-3-5-18(6-4-17)25-9-11-29-12-10-25)14-31-23(28)15-30-19-7-1-16-2-8-22(27)32-20(16)13-19/h1-8,13H,9-12,14-15H2,(H,24,26). The van der Waals surface area contributed by atoms with Gasteiger partial charge < -0.3 is 28.8 Å². The van der Waals surface area contributed by atoms with Crippen LogP contribution in [0, 0.1) is 0 Å². The molecular formula is C23H22N2O7. The molecule has 3 aromatic rings. The van der Waals surface area contributed by atoms with Crippen molar-refractivity contribution in [1.82, 2.24) is 0 Å². The molecule has 1 N–H and O–H groups in total. The summed E-state index contributed by atoms with van der Waals surface area (Å²) in [6.45, 7) is 2.24. The van der Waals surface area contributed by atoms with Gasteiger partial charge >= 0.3 is 11.6 Å². The van der Waals surface area contributed by atoms with E-state index in [9.17, 15) is 14.4 Å². The number of esters is 1. The van der Waals surface area contributed by atoms with Gasteiger partial charge in [0.1, 0.15) is 11.3 Å². The number of carbonyl (C=O) groups is 2. The number of hydrogen-bond donors (Lipinski definition) is 1. The van der Waals surface area contributed by atoms with E-state index in [1.54, 1.807) is 30.3 Å². The van der Waals surface area contributed by atoms with Crippen molar-refractivity contribution in [3.63, 3.8) is 0 Å². The zero-order valence-electron chi connectivity index (χ0n) is 17.2. The molecule has 1 aromatic heterocycles. The molecule has 0 spiro atoms. The maximum atomic E-state index is 12.1. The number of rotatable bonds is 7. The number of morpholine rings is 1. The van der Waals surface area contributed by atoms with E-state index < -0.39 is 24.1 Å². The Bertz CT molecular complexity index is 1150. The SMILES string of the molecule is O=C(COC(=O)COc1ccc2ccc(=O)oc2c1)Nc1ccc(N2CCOCC2)cc1. The summed E-state index contributed by atoms with van der Waals surface area (Å²) >= 11 is 0. The summed E-state index contributed by atoms with van der Waals surface area (Å²) in [6.07, 6.45) is 0. The monoisotopic (exact) mass is 438 g/mol. The zero-order chi connectivity index (χ0) is 22.3. The summed E-state index contributed by atoms with van der Waals surface area (Å²) in [5.74, 6) is -0.809. The third-order valence-corrected chi connectivity index (χ3v) is 4.84. The van der Waals surface area contributed by atoms with Gasteiger partial charge in [0.15, 0.2) is 13.2 Å². The van der Waals surface area contributed by atoms with Crippen molar-refractivity contribution in [2.45, 2.75) is 0 Å². The van der Waals surface area contributed by atoms with Crippen LogP contribution in [-0.4, -0.2) is 51.4 Å². The average Bonchev–Trinajstić information content (AvgIpc) is 2.82.